The molecule has 0 saturated heterocycles. The second-order valence-corrected chi connectivity index (χ2v) is 6.90. The molecule has 0 radical (unpaired) electrons. The van der Waals surface area contributed by atoms with Crippen molar-refractivity contribution < 1.29 is 13.6 Å². The van der Waals surface area contributed by atoms with Gasteiger partial charge in [-0.25, -0.2) is 13.8 Å². The molecule has 1 amide bonds. The molecule has 4 aromatic rings. The fraction of sp³-hybridized carbons (Fsp3) is 0. The maximum absolute atomic E-state index is 13.5. The van der Waals surface area contributed by atoms with Crippen molar-refractivity contribution in [1.82, 2.24) is 4.98 Å². The van der Waals surface area contributed by atoms with E-state index in [1.54, 1.807) is 6.07 Å². The number of nitrogens with zero attached hydrogens (tertiary/aromatic N) is 3. The Labute approximate surface area is 163 Å². The number of anilines is 1. The van der Waals surface area contributed by atoms with Gasteiger partial charge in [-0.1, -0.05) is 41.7 Å². The third-order valence-corrected chi connectivity index (χ3v) is 4.92. The number of amides is 1. The number of hydrogen-bond donors (Lipinski definition) is 0. The highest BCUT2D eigenvalue weighted by atomic mass is 32.1. The van der Waals surface area contributed by atoms with E-state index < -0.39 is 11.7 Å². The second kappa shape index (κ2) is 7.66. The van der Waals surface area contributed by atoms with Crippen LogP contribution in [0.15, 0.2) is 77.9 Å². The predicted molar refractivity (Wildman–Crippen MR) is 107 cm³/mol. The summed E-state index contributed by atoms with van der Waals surface area (Å²) in [5.41, 5.74) is 1.62. The molecule has 0 spiro atoms. The normalized spacial score (nSPS) is 11.2. The van der Waals surface area contributed by atoms with E-state index in [2.05, 4.69) is 10.1 Å². The molecule has 0 N–H and O–H groups in total. The molecule has 0 unspecified atom stereocenters. The first kappa shape index (κ1) is 17.9. The minimum absolute atomic E-state index is 0.261. The molecule has 138 valence electrons. The largest absolute Gasteiger partial charge is 0.280 e. The molecular weight excluding hydrogens is 380 g/mol. The Morgan fingerprint density at radius 2 is 1.68 bits per heavy atom. The Morgan fingerprint density at radius 3 is 2.43 bits per heavy atom. The molecule has 1 heterocycles. The first-order valence-electron chi connectivity index (χ1n) is 8.35. The summed E-state index contributed by atoms with van der Waals surface area (Å²) < 4.78 is 27.3. The predicted octanol–water partition coefficient (Wildman–Crippen LogP) is 5.26. The van der Waals surface area contributed by atoms with Crippen LogP contribution in [0.4, 0.5) is 13.9 Å². The Bertz CT molecular complexity index is 1160. The molecule has 28 heavy (non-hydrogen) atoms. The van der Waals surface area contributed by atoms with Gasteiger partial charge in [0, 0.05) is 5.56 Å². The van der Waals surface area contributed by atoms with Gasteiger partial charge >= 0.3 is 0 Å². The van der Waals surface area contributed by atoms with E-state index in [1.165, 1.54) is 42.6 Å². The first-order valence-corrected chi connectivity index (χ1v) is 9.17. The van der Waals surface area contributed by atoms with Gasteiger partial charge in [0.15, 0.2) is 0 Å². The van der Waals surface area contributed by atoms with Crippen molar-refractivity contribution in [3.63, 3.8) is 0 Å². The van der Waals surface area contributed by atoms with Crippen molar-refractivity contribution in [3.05, 3.63) is 95.6 Å². The van der Waals surface area contributed by atoms with E-state index >= 15 is 0 Å². The van der Waals surface area contributed by atoms with Crippen LogP contribution in [0.2, 0.25) is 0 Å². The number of benzene rings is 3. The number of rotatable bonds is 4. The van der Waals surface area contributed by atoms with Gasteiger partial charge in [0.25, 0.3) is 5.91 Å². The molecule has 0 atom stereocenters. The molecule has 7 heteroatoms. The zero-order chi connectivity index (χ0) is 19.5. The van der Waals surface area contributed by atoms with E-state index in [0.717, 1.165) is 21.9 Å². The van der Waals surface area contributed by atoms with Crippen LogP contribution in [0.5, 0.6) is 0 Å². The van der Waals surface area contributed by atoms with Gasteiger partial charge in [0.1, 0.15) is 11.6 Å². The zero-order valence-corrected chi connectivity index (χ0v) is 15.2. The smallest absolute Gasteiger partial charge is 0.267 e. The van der Waals surface area contributed by atoms with Crippen molar-refractivity contribution in [2.75, 3.05) is 5.01 Å². The molecular formula is C21H13F2N3OS. The van der Waals surface area contributed by atoms with Crippen LogP contribution < -0.4 is 5.01 Å². The topological polar surface area (TPSA) is 45.6 Å². The summed E-state index contributed by atoms with van der Waals surface area (Å²) in [6, 6.07) is 18.7. The molecule has 0 saturated carbocycles. The van der Waals surface area contributed by atoms with Gasteiger partial charge in [0.05, 0.1) is 16.4 Å². The Morgan fingerprint density at radius 1 is 0.964 bits per heavy atom. The molecule has 0 aliphatic rings. The van der Waals surface area contributed by atoms with Crippen LogP contribution >= 0.6 is 11.3 Å². The van der Waals surface area contributed by atoms with E-state index in [9.17, 15) is 13.6 Å². The standard InChI is InChI=1S/C21H13F2N3OS/c22-16-8-6-15(7-9-16)20(27)26(24-13-14-4-2-1-3-5-14)21-25-18-11-10-17(23)12-19(18)28-21/h1-13H/b24-13+. The lowest BCUT2D eigenvalue weighted by molar-refractivity contribution is 0.0988. The summed E-state index contributed by atoms with van der Waals surface area (Å²) in [4.78, 5) is 17.4. The van der Waals surface area contributed by atoms with Crippen LogP contribution in [0.1, 0.15) is 15.9 Å². The highest BCUT2D eigenvalue weighted by Gasteiger charge is 2.21. The Kier molecular flexibility index (Phi) is 4.90. The van der Waals surface area contributed by atoms with Gasteiger partial charge in [-0.05, 0) is 48.0 Å². The van der Waals surface area contributed by atoms with Crippen molar-refractivity contribution in [3.8, 4) is 0 Å². The Balaban J connectivity index is 1.76. The molecule has 1 aromatic heterocycles. The number of thiazole rings is 1. The minimum Gasteiger partial charge on any atom is -0.267 e. The van der Waals surface area contributed by atoms with Gasteiger partial charge in [-0.3, -0.25) is 4.79 Å². The third kappa shape index (κ3) is 3.79. The molecule has 4 rings (SSSR count). The fourth-order valence-corrected chi connectivity index (χ4v) is 3.49. The lowest BCUT2D eigenvalue weighted by Gasteiger charge is -2.13. The molecule has 0 aliphatic heterocycles. The summed E-state index contributed by atoms with van der Waals surface area (Å²) in [7, 11) is 0. The quantitative estimate of drug-likeness (QED) is 0.351. The van der Waals surface area contributed by atoms with Crippen LogP contribution in [0, 0.1) is 11.6 Å². The van der Waals surface area contributed by atoms with E-state index in [4.69, 9.17) is 0 Å². The fourth-order valence-electron chi connectivity index (χ4n) is 2.54. The average Bonchev–Trinajstić information content (AvgIpc) is 3.12. The van der Waals surface area contributed by atoms with E-state index in [1.807, 2.05) is 30.3 Å². The van der Waals surface area contributed by atoms with Gasteiger partial charge in [-0.15, -0.1) is 0 Å². The van der Waals surface area contributed by atoms with E-state index in [-0.39, 0.29) is 11.4 Å². The maximum atomic E-state index is 13.5. The van der Waals surface area contributed by atoms with Crippen molar-refractivity contribution in [2.45, 2.75) is 0 Å². The van der Waals surface area contributed by atoms with Crippen molar-refractivity contribution in [1.29, 1.82) is 0 Å². The summed E-state index contributed by atoms with van der Waals surface area (Å²) in [6.07, 6.45) is 1.54. The molecule has 0 fully saturated rings. The summed E-state index contributed by atoms with van der Waals surface area (Å²) in [6.45, 7) is 0. The van der Waals surface area contributed by atoms with Crippen molar-refractivity contribution >= 4 is 38.8 Å². The van der Waals surface area contributed by atoms with Crippen molar-refractivity contribution in [2.24, 2.45) is 5.10 Å². The first-order chi connectivity index (χ1) is 13.6. The molecule has 4 nitrogen and oxygen atoms in total. The highest BCUT2D eigenvalue weighted by molar-refractivity contribution is 7.22. The monoisotopic (exact) mass is 393 g/mol. The summed E-state index contributed by atoms with van der Waals surface area (Å²) >= 11 is 1.15. The average molecular weight is 393 g/mol. The van der Waals surface area contributed by atoms with E-state index in [0.29, 0.717) is 15.3 Å². The van der Waals surface area contributed by atoms with Gasteiger partial charge in [-0.2, -0.15) is 10.1 Å². The lowest BCUT2D eigenvalue weighted by atomic mass is 10.2. The zero-order valence-electron chi connectivity index (χ0n) is 14.4. The minimum atomic E-state index is -0.466. The molecule has 0 bridgehead atoms. The number of aromatic nitrogens is 1. The number of carbonyl (C=O) groups excluding carboxylic acids is 1. The summed E-state index contributed by atoms with van der Waals surface area (Å²) in [5, 5.41) is 5.74. The maximum Gasteiger partial charge on any atom is 0.280 e. The molecule has 3 aromatic carbocycles. The van der Waals surface area contributed by atoms with Gasteiger partial charge < -0.3 is 0 Å². The molecule has 0 aliphatic carbocycles. The Hall–Kier alpha value is -3.45. The number of fused-ring (bicyclic) bond motifs is 1. The summed E-state index contributed by atoms with van der Waals surface area (Å²) in [5.74, 6) is -1.29. The number of hydrazone groups is 1. The SMILES string of the molecule is O=C(c1ccc(F)cc1)N(/N=C/c1ccccc1)c1nc2ccc(F)cc2s1. The highest BCUT2D eigenvalue weighted by Crippen LogP contribution is 2.30. The number of carbonyl (C=O) groups is 1. The van der Waals surface area contributed by atoms with Crippen LogP contribution in [0.3, 0.4) is 0 Å². The van der Waals surface area contributed by atoms with Crippen LogP contribution in [-0.2, 0) is 0 Å². The number of hydrogen-bond acceptors (Lipinski definition) is 4. The second-order valence-electron chi connectivity index (χ2n) is 5.89. The third-order valence-electron chi connectivity index (χ3n) is 3.93. The lowest BCUT2D eigenvalue weighted by Crippen LogP contribution is -2.25. The van der Waals surface area contributed by atoms with Gasteiger partial charge in [0.2, 0.25) is 5.13 Å². The van der Waals surface area contributed by atoms with Crippen LogP contribution in [-0.4, -0.2) is 17.1 Å². The van der Waals surface area contributed by atoms with Crippen LogP contribution in [0.25, 0.3) is 10.2 Å². The number of halogens is 2.